The third kappa shape index (κ3) is 2.33. The summed E-state index contributed by atoms with van der Waals surface area (Å²) in [5.74, 6) is 1.98. The van der Waals surface area contributed by atoms with Crippen molar-refractivity contribution in [2.45, 2.75) is 39.5 Å². The Morgan fingerprint density at radius 1 is 1.47 bits per heavy atom. The van der Waals surface area contributed by atoms with Crippen LogP contribution in [0.3, 0.4) is 0 Å². The number of aryl methyl sites for hydroxylation is 1. The molecule has 1 fully saturated rings. The number of carbonyl (C=O) groups is 1. The van der Waals surface area contributed by atoms with Crippen molar-refractivity contribution in [3.05, 3.63) is 11.7 Å². The first-order valence-electron chi connectivity index (χ1n) is 6.24. The number of carbonyl (C=O) groups excluding carboxylic acids is 1. The third-order valence-corrected chi connectivity index (χ3v) is 3.42. The monoisotopic (exact) mass is 237 g/mol. The first kappa shape index (κ1) is 12.1. The topological polar surface area (TPSA) is 59.2 Å². The van der Waals surface area contributed by atoms with Crippen LogP contribution in [0.25, 0.3) is 0 Å². The van der Waals surface area contributed by atoms with Crippen molar-refractivity contribution in [1.29, 1.82) is 0 Å². The number of hydrogen-bond acceptors (Lipinski definition) is 4. The molecule has 1 aliphatic rings. The van der Waals surface area contributed by atoms with E-state index in [9.17, 15) is 4.79 Å². The molecule has 0 radical (unpaired) electrons. The second-order valence-electron chi connectivity index (χ2n) is 4.63. The maximum atomic E-state index is 12.0. The van der Waals surface area contributed by atoms with Gasteiger partial charge in [-0.2, -0.15) is 4.98 Å². The molecule has 0 aliphatic carbocycles. The fourth-order valence-corrected chi connectivity index (χ4v) is 2.19. The third-order valence-electron chi connectivity index (χ3n) is 3.42. The van der Waals surface area contributed by atoms with Gasteiger partial charge in [0.2, 0.25) is 11.8 Å². The summed E-state index contributed by atoms with van der Waals surface area (Å²) in [7, 11) is 0. The lowest BCUT2D eigenvalue weighted by Crippen LogP contribution is -2.50. The summed E-state index contributed by atoms with van der Waals surface area (Å²) in [5.41, 5.74) is 0. The van der Waals surface area contributed by atoms with Gasteiger partial charge < -0.3 is 9.42 Å². The normalized spacial score (nSPS) is 16.4. The van der Waals surface area contributed by atoms with Crippen molar-refractivity contribution >= 4 is 5.91 Å². The fourth-order valence-electron chi connectivity index (χ4n) is 2.19. The zero-order chi connectivity index (χ0) is 12.4. The molecule has 5 nitrogen and oxygen atoms in total. The average molecular weight is 237 g/mol. The first-order chi connectivity index (χ1) is 8.15. The van der Waals surface area contributed by atoms with Crippen molar-refractivity contribution in [3.8, 4) is 0 Å². The van der Waals surface area contributed by atoms with Gasteiger partial charge in [-0.1, -0.05) is 19.0 Å². The van der Waals surface area contributed by atoms with E-state index in [1.807, 2.05) is 4.90 Å². The van der Waals surface area contributed by atoms with E-state index < -0.39 is 0 Å². The maximum absolute atomic E-state index is 12.0. The largest absolute Gasteiger partial charge is 0.341 e. The summed E-state index contributed by atoms with van der Waals surface area (Å²) in [6.45, 7) is 7.36. The van der Waals surface area contributed by atoms with Crippen LogP contribution in [-0.2, 0) is 4.79 Å². The zero-order valence-corrected chi connectivity index (χ0v) is 10.6. The number of amides is 1. The summed E-state index contributed by atoms with van der Waals surface area (Å²) in [6, 6.07) is 0. The predicted octanol–water partition coefficient (Wildman–Crippen LogP) is 1.74. The number of likely N-dealkylation sites (tertiary alicyclic amines) is 1. The van der Waals surface area contributed by atoms with E-state index in [1.165, 1.54) is 0 Å². The van der Waals surface area contributed by atoms with Crippen LogP contribution in [0.1, 0.15) is 44.3 Å². The van der Waals surface area contributed by atoms with Crippen LogP contribution in [0.4, 0.5) is 0 Å². The fraction of sp³-hybridized carbons (Fsp3) is 0.750. The van der Waals surface area contributed by atoms with Crippen LogP contribution < -0.4 is 0 Å². The van der Waals surface area contributed by atoms with E-state index >= 15 is 0 Å². The molecule has 2 heterocycles. The molecule has 0 unspecified atom stereocenters. The highest BCUT2D eigenvalue weighted by molar-refractivity contribution is 5.79. The standard InChI is InChI=1S/C12H19N3O2/c1-4-9(5-2)12(16)15-6-10(7-15)11-13-8(3)14-17-11/h9-10H,4-7H2,1-3H3. The minimum atomic E-state index is 0.167. The van der Waals surface area contributed by atoms with Gasteiger partial charge in [0.05, 0.1) is 5.92 Å². The summed E-state index contributed by atoms with van der Waals surface area (Å²) in [6.07, 6.45) is 1.83. The molecule has 0 saturated carbocycles. The molecular weight excluding hydrogens is 218 g/mol. The van der Waals surface area contributed by atoms with Crippen LogP contribution in [0.5, 0.6) is 0 Å². The molecule has 0 aromatic carbocycles. The maximum Gasteiger partial charge on any atom is 0.233 e. The number of aromatic nitrogens is 2. The summed E-state index contributed by atoms with van der Waals surface area (Å²) < 4.78 is 5.11. The van der Waals surface area contributed by atoms with E-state index in [1.54, 1.807) is 6.92 Å². The summed E-state index contributed by atoms with van der Waals surface area (Å²) >= 11 is 0. The van der Waals surface area contributed by atoms with Crippen LogP contribution in [0.15, 0.2) is 4.52 Å². The molecule has 0 bridgehead atoms. The molecule has 1 saturated heterocycles. The molecule has 0 atom stereocenters. The molecule has 17 heavy (non-hydrogen) atoms. The van der Waals surface area contributed by atoms with E-state index in [0.717, 1.165) is 25.9 Å². The molecule has 1 amide bonds. The van der Waals surface area contributed by atoms with Crippen LogP contribution in [0.2, 0.25) is 0 Å². The second kappa shape index (κ2) is 4.85. The molecular formula is C12H19N3O2. The average Bonchev–Trinajstić information content (AvgIpc) is 2.64. The van der Waals surface area contributed by atoms with Crippen molar-refractivity contribution in [2.24, 2.45) is 5.92 Å². The number of rotatable bonds is 4. The Labute approximate surface area is 101 Å². The van der Waals surface area contributed by atoms with Crippen LogP contribution in [0, 0.1) is 12.8 Å². The quantitative estimate of drug-likeness (QED) is 0.800. The Kier molecular flexibility index (Phi) is 3.45. The molecule has 94 valence electrons. The van der Waals surface area contributed by atoms with Gasteiger partial charge in [-0.05, 0) is 19.8 Å². The van der Waals surface area contributed by atoms with Crippen molar-refractivity contribution in [3.63, 3.8) is 0 Å². The minimum Gasteiger partial charge on any atom is -0.341 e. The summed E-state index contributed by atoms with van der Waals surface area (Å²) in [4.78, 5) is 18.1. The molecule has 0 spiro atoms. The Morgan fingerprint density at radius 3 is 2.59 bits per heavy atom. The lowest BCUT2D eigenvalue weighted by atomic mass is 9.95. The predicted molar refractivity (Wildman–Crippen MR) is 62.4 cm³/mol. The van der Waals surface area contributed by atoms with E-state index in [-0.39, 0.29) is 17.7 Å². The van der Waals surface area contributed by atoms with Gasteiger partial charge in [-0.25, -0.2) is 0 Å². The lowest BCUT2D eigenvalue weighted by molar-refractivity contribution is -0.140. The van der Waals surface area contributed by atoms with Gasteiger partial charge in [0, 0.05) is 19.0 Å². The molecule has 0 N–H and O–H groups in total. The zero-order valence-electron chi connectivity index (χ0n) is 10.6. The Morgan fingerprint density at radius 2 is 2.12 bits per heavy atom. The molecule has 1 aliphatic heterocycles. The van der Waals surface area contributed by atoms with E-state index in [4.69, 9.17) is 4.52 Å². The highest BCUT2D eigenvalue weighted by Gasteiger charge is 2.37. The van der Waals surface area contributed by atoms with Crippen molar-refractivity contribution < 1.29 is 9.32 Å². The summed E-state index contributed by atoms with van der Waals surface area (Å²) in [5, 5.41) is 3.77. The van der Waals surface area contributed by atoms with Gasteiger partial charge >= 0.3 is 0 Å². The minimum absolute atomic E-state index is 0.167. The van der Waals surface area contributed by atoms with Crippen LogP contribution >= 0.6 is 0 Å². The van der Waals surface area contributed by atoms with Gasteiger partial charge in [0.1, 0.15) is 0 Å². The SMILES string of the molecule is CCC(CC)C(=O)N1CC(c2nc(C)no2)C1. The van der Waals surface area contributed by atoms with E-state index in [2.05, 4.69) is 24.0 Å². The van der Waals surface area contributed by atoms with Crippen molar-refractivity contribution in [2.75, 3.05) is 13.1 Å². The van der Waals surface area contributed by atoms with Gasteiger partial charge in [-0.3, -0.25) is 4.79 Å². The van der Waals surface area contributed by atoms with Gasteiger partial charge in [-0.15, -0.1) is 0 Å². The first-order valence-corrected chi connectivity index (χ1v) is 6.24. The highest BCUT2D eigenvalue weighted by Crippen LogP contribution is 2.28. The number of nitrogens with zero attached hydrogens (tertiary/aromatic N) is 3. The van der Waals surface area contributed by atoms with Crippen LogP contribution in [-0.4, -0.2) is 34.0 Å². The molecule has 5 heteroatoms. The smallest absolute Gasteiger partial charge is 0.233 e. The Hall–Kier alpha value is -1.39. The highest BCUT2D eigenvalue weighted by atomic mass is 16.5. The lowest BCUT2D eigenvalue weighted by Gasteiger charge is -2.39. The molecule has 1 aromatic heterocycles. The Balaban J connectivity index is 1.88. The number of hydrogen-bond donors (Lipinski definition) is 0. The van der Waals surface area contributed by atoms with E-state index in [0.29, 0.717) is 11.7 Å². The Bertz CT molecular complexity index is 392. The molecule has 1 aromatic rings. The molecule has 2 rings (SSSR count). The van der Waals surface area contributed by atoms with Crippen molar-refractivity contribution in [1.82, 2.24) is 15.0 Å². The van der Waals surface area contributed by atoms with Gasteiger partial charge in [0.15, 0.2) is 5.82 Å². The van der Waals surface area contributed by atoms with Gasteiger partial charge in [0.25, 0.3) is 0 Å². The second-order valence-corrected chi connectivity index (χ2v) is 4.63.